The van der Waals surface area contributed by atoms with Crippen molar-refractivity contribution in [2.24, 2.45) is 0 Å². The van der Waals surface area contributed by atoms with Gasteiger partial charge in [0.05, 0.1) is 5.25 Å². The Morgan fingerprint density at radius 3 is 2.33 bits per heavy atom. The van der Waals surface area contributed by atoms with Gasteiger partial charge in [-0.1, -0.05) is 13.8 Å². The second-order valence-electron chi connectivity index (χ2n) is 5.31. The molecular weight excluding hydrogens is 246 g/mol. The molecule has 5 heteroatoms. The Balaban J connectivity index is 2.14. The summed E-state index contributed by atoms with van der Waals surface area (Å²) in [6.07, 6.45) is 1.18. The van der Waals surface area contributed by atoms with E-state index in [4.69, 9.17) is 0 Å². The van der Waals surface area contributed by atoms with Crippen molar-refractivity contribution < 1.29 is 4.79 Å². The summed E-state index contributed by atoms with van der Waals surface area (Å²) >= 11 is 4.20. The molecule has 0 aromatic heterocycles. The molecule has 1 N–H and O–H groups in total. The molecule has 1 heterocycles. The monoisotopic (exact) mass is 273 g/mol. The lowest BCUT2D eigenvalue weighted by atomic mass is 10.2. The van der Waals surface area contributed by atoms with Gasteiger partial charge >= 0.3 is 0 Å². The maximum atomic E-state index is 11.8. The first-order chi connectivity index (χ1) is 8.50. The second kappa shape index (κ2) is 8.02. The highest BCUT2D eigenvalue weighted by Gasteiger charge is 2.22. The normalized spacial score (nSPS) is 19.3. The third kappa shape index (κ3) is 5.59. The third-order valence-corrected chi connectivity index (χ3v) is 3.47. The average molecular weight is 273 g/mol. The van der Waals surface area contributed by atoms with Crippen LogP contribution in [0.5, 0.6) is 0 Å². The number of amides is 1. The standard InChI is InChI=1S/C13H27N3OS/c1-11(2)14-5-4-6-15-7-9-16(10-8-15)13(17)12(3)18/h11-12,14,18H,4-10H2,1-3H3. The number of piperazine rings is 1. The van der Waals surface area contributed by atoms with E-state index in [9.17, 15) is 4.79 Å². The highest BCUT2D eigenvalue weighted by molar-refractivity contribution is 7.81. The molecule has 0 aromatic carbocycles. The van der Waals surface area contributed by atoms with Gasteiger partial charge in [-0.05, 0) is 26.4 Å². The minimum atomic E-state index is -0.174. The van der Waals surface area contributed by atoms with Crippen molar-refractivity contribution >= 4 is 18.5 Å². The Hall–Kier alpha value is -0.260. The number of hydrogen-bond acceptors (Lipinski definition) is 4. The molecule has 18 heavy (non-hydrogen) atoms. The maximum Gasteiger partial charge on any atom is 0.235 e. The van der Waals surface area contributed by atoms with E-state index in [0.717, 1.165) is 39.3 Å². The van der Waals surface area contributed by atoms with Crippen molar-refractivity contribution in [3.8, 4) is 0 Å². The quantitative estimate of drug-likeness (QED) is 0.556. The molecule has 0 spiro atoms. The van der Waals surface area contributed by atoms with E-state index < -0.39 is 0 Å². The first kappa shape index (κ1) is 15.8. The SMILES string of the molecule is CC(C)NCCCN1CCN(C(=O)C(C)S)CC1. The average Bonchev–Trinajstić information content (AvgIpc) is 2.34. The van der Waals surface area contributed by atoms with E-state index in [2.05, 4.69) is 36.7 Å². The van der Waals surface area contributed by atoms with E-state index in [-0.39, 0.29) is 11.2 Å². The lowest BCUT2D eigenvalue weighted by Crippen LogP contribution is -2.50. The predicted octanol–water partition coefficient (Wildman–Crippen LogP) is 0.837. The van der Waals surface area contributed by atoms with Gasteiger partial charge in [0.25, 0.3) is 0 Å². The van der Waals surface area contributed by atoms with Crippen LogP contribution in [0.15, 0.2) is 0 Å². The number of carbonyl (C=O) groups is 1. The van der Waals surface area contributed by atoms with Crippen LogP contribution in [-0.4, -0.2) is 66.3 Å². The van der Waals surface area contributed by atoms with Gasteiger partial charge < -0.3 is 10.2 Å². The van der Waals surface area contributed by atoms with Gasteiger partial charge in [0.15, 0.2) is 0 Å². The molecule has 1 rings (SSSR count). The molecule has 1 aliphatic heterocycles. The van der Waals surface area contributed by atoms with Gasteiger partial charge in [0, 0.05) is 32.2 Å². The molecule has 0 bridgehead atoms. The van der Waals surface area contributed by atoms with Crippen LogP contribution in [-0.2, 0) is 4.79 Å². The Morgan fingerprint density at radius 2 is 1.83 bits per heavy atom. The summed E-state index contributed by atoms with van der Waals surface area (Å²) in [5.41, 5.74) is 0. The minimum Gasteiger partial charge on any atom is -0.339 e. The van der Waals surface area contributed by atoms with E-state index >= 15 is 0 Å². The zero-order chi connectivity index (χ0) is 13.5. The highest BCUT2D eigenvalue weighted by Crippen LogP contribution is 2.07. The first-order valence-corrected chi connectivity index (χ1v) is 7.45. The maximum absolute atomic E-state index is 11.8. The number of carbonyl (C=O) groups excluding carboxylic acids is 1. The molecule has 0 aromatic rings. The predicted molar refractivity (Wildman–Crippen MR) is 79.2 cm³/mol. The highest BCUT2D eigenvalue weighted by atomic mass is 32.1. The Bertz CT molecular complexity index is 251. The Kier molecular flexibility index (Phi) is 7.04. The van der Waals surface area contributed by atoms with Crippen molar-refractivity contribution in [3.05, 3.63) is 0 Å². The van der Waals surface area contributed by atoms with Crippen LogP contribution >= 0.6 is 12.6 Å². The van der Waals surface area contributed by atoms with Gasteiger partial charge in [-0.15, -0.1) is 0 Å². The third-order valence-electron chi connectivity index (χ3n) is 3.25. The fraction of sp³-hybridized carbons (Fsp3) is 0.923. The molecule has 1 fully saturated rings. The number of nitrogens with zero attached hydrogens (tertiary/aromatic N) is 2. The van der Waals surface area contributed by atoms with Crippen LogP contribution < -0.4 is 5.32 Å². The molecule has 1 aliphatic rings. The molecule has 106 valence electrons. The summed E-state index contributed by atoms with van der Waals surface area (Å²) in [4.78, 5) is 16.1. The number of thiol groups is 1. The lowest BCUT2D eigenvalue weighted by molar-refractivity contribution is -0.132. The van der Waals surface area contributed by atoms with Gasteiger partial charge in [0.2, 0.25) is 5.91 Å². The van der Waals surface area contributed by atoms with Gasteiger partial charge in [-0.2, -0.15) is 12.6 Å². The lowest BCUT2D eigenvalue weighted by Gasteiger charge is -2.35. The molecule has 1 saturated heterocycles. The molecule has 0 radical (unpaired) electrons. The topological polar surface area (TPSA) is 35.6 Å². The van der Waals surface area contributed by atoms with Crippen LogP contribution in [0.2, 0.25) is 0 Å². The fourth-order valence-electron chi connectivity index (χ4n) is 2.15. The summed E-state index contributed by atoms with van der Waals surface area (Å²) < 4.78 is 0. The van der Waals surface area contributed by atoms with Crippen molar-refractivity contribution in [1.82, 2.24) is 15.1 Å². The molecule has 4 nitrogen and oxygen atoms in total. The largest absolute Gasteiger partial charge is 0.339 e. The smallest absolute Gasteiger partial charge is 0.235 e. The Morgan fingerprint density at radius 1 is 1.22 bits per heavy atom. The van der Waals surface area contributed by atoms with E-state index in [1.807, 2.05) is 11.8 Å². The molecule has 1 atom stereocenters. The van der Waals surface area contributed by atoms with Crippen molar-refractivity contribution in [1.29, 1.82) is 0 Å². The first-order valence-electron chi connectivity index (χ1n) is 6.93. The zero-order valence-electron chi connectivity index (χ0n) is 11.9. The van der Waals surface area contributed by atoms with Gasteiger partial charge in [-0.25, -0.2) is 0 Å². The molecular formula is C13H27N3OS. The zero-order valence-corrected chi connectivity index (χ0v) is 12.7. The number of hydrogen-bond donors (Lipinski definition) is 2. The summed E-state index contributed by atoms with van der Waals surface area (Å²) in [5, 5.41) is 3.25. The van der Waals surface area contributed by atoms with Crippen LogP contribution in [0.25, 0.3) is 0 Å². The number of nitrogens with one attached hydrogen (secondary N) is 1. The minimum absolute atomic E-state index is 0.166. The summed E-state index contributed by atoms with van der Waals surface area (Å²) in [6.45, 7) is 12.1. The second-order valence-corrected chi connectivity index (χ2v) is 6.08. The van der Waals surface area contributed by atoms with Gasteiger partial charge in [-0.3, -0.25) is 9.69 Å². The summed E-state index contributed by atoms with van der Waals surface area (Å²) in [6, 6.07) is 0.566. The molecule has 1 unspecified atom stereocenters. The van der Waals surface area contributed by atoms with Crippen LogP contribution in [0, 0.1) is 0 Å². The Labute approximate surface area is 116 Å². The number of rotatable bonds is 6. The van der Waals surface area contributed by atoms with E-state index in [0.29, 0.717) is 6.04 Å². The van der Waals surface area contributed by atoms with Gasteiger partial charge in [0.1, 0.15) is 0 Å². The molecule has 1 amide bonds. The van der Waals surface area contributed by atoms with Crippen molar-refractivity contribution in [2.75, 3.05) is 39.3 Å². The molecule has 0 aliphatic carbocycles. The summed E-state index contributed by atoms with van der Waals surface area (Å²) in [7, 11) is 0. The van der Waals surface area contributed by atoms with Crippen LogP contribution in [0.4, 0.5) is 0 Å². The van der Waals surface area contributed by atoms with Crippen LogP contribution in [0.3, 0.4) is 0 Å². The van der Waals surface area contributed by atoms with E-state index in [1.165, 1.54) is 6.42 Å². The van der Waals surface area contributed by atoms with E-state index in [1.54, 1.807) is 0 Å². The van der Waals surface area contributed by atoms with Crippen molar-refractivity contribution in [3.63, 3.8) is 0 Å². The van der Waals surface area contributed by atoms with Crippen molar-refractivity contribution in [2.45, 2.75) is 38.5 Å². The van der Waals surface area contributed by atoms with Crippen LogP contribution in [0.1, 0.15) is 27.2 Å². The molecule has 0 saturated carbocycles. The fourth-order valence-corrected chi connectivity index (χ4v) is 2.31. The summed E-state index contributed by atoms with van der Waals surface area (Å²) in [5.74, 6) is 0.166.